The number of halogens is 1. The van der Waals surface area contributed by atoms with Crippen LogP contribution in [0.1, 0.15) is 18.9 Å². The first-order chi connectivity index (χ1) is 7.59. The van der Waals surface area contributed by atoms with Crippen LogP contribution < -0.4 is 5.32 Å². The Morgan fingerprint density at radius 2 is 2.12 bits per heavy atom. The lowest BCUT2D eigenvalue weighted by Gasteiger charge is -2.13. The van der Waals surface area contributed by atoms with Gasteiger partial charge < -0.3 is 5.32 Å². The summed E-state index contributed by atoms with van der Waals surface area (Å²) in [6.45, 7) is 2.54. The molecule has 0 aliphatic carbocycles. The fraction of sp³-hybridized carbons (Fsp3) is 0.500. The number of rotatable bonds is 6. The molecule has 0 saturated carbocycles. The molecule has 1 N–H and O–H groups in total. The largest absolute Gasteiger partial charge is 0.310 e. The quantitative estimate of drug-likeness (QED) is 0.828. The fourth-order valence-electron chi connectivity index (χ4n) is 1.37. The van der Waals surface area contributed by atoms with Gasteiger partial charge in [0.25, 0.3) is 0 Å². The summed E-state index contributed by atoms with van der Waals surface area (Å²) in [5.41, 5.74) is 0.673. The topological polar surface area (TPSA) is 29.1 Å². The highest BCUT2D eigenvalue weighted by atomic mass is 32.2. The molecular weight excluding hydrogens is 225 g/mol. The molecule has 0 heterocycles. The first kappa shape index (κ1) is 13.3. The first-order valence-corrected chi connectivity index (χ1v) is 7.09. The van der Waals surface area contributed by atoms with Crippen molar-refractivity contribution in [3.63, 3.8) is 0 Å². The predicted octanol–water partition coefficient (Wildman–Crippen LogP) is 2.07. The Balaban J connectivity index is 2.34. The van der Waals surface area contributed by atoms with Crippen molar-refractivity contribution in [2.45, 2.75) is 25.9 Å². The van der Waals surface area contributed by atoms with E-state index in [1.54, 1.807) is 18.4 Å². The van der Waals surface area contributed by atoms with Gasteiger partial charge in [-0.3, -0.25) is 4.21 Å². The van der Waals surface area contributed by atoms with E-state index < -0.39 is 10.8 Å². The predicted molar refractivity (Wildman–Crippen MR) is 66.3 cm³/mol. The molecular formula is C12H18FNOS. The lowest BCUT2D eigenvalue weighted by Crippen LogP contribution is -2.27. The summed E-state index contributed by atoms with van der Waals surface area (Å²) < 4.78 is 24.2. The van der Waals surface area contributed by atoms with Crippen molar-refractivity contribution in [1.82, 2.24) is 5.32 Å². The Kier molecular flexibility index (Phi) is 5.63. The second-order valence-corrected chi connectivity index (χ2v) is 5.49. The summed E-state index contributed by atoms with van der Waals surface area (Å²) in [5, 5.41) is 3.22. The van der Waals surface area contributed by atoms with Crippen LogP contribution in [-0.2, 0) is 17.3 Å². The van der Waals surface area contributed by atoms with E-state index in [1.165, 1.54) is 6.07 Å². The number of nitrogens with one attached hydrogen (secondary N) is 1. The third-order valence-electron chi connectivity index (χ3n) is 2.44. The first-order valence-electron chi connectivity index (χ1n) is 5.36. The van der Waals surface area contributed by atoms with Crippen LogP contribution in [0.5, 0.6) is 0 Å². The molecule has 4 heteroatoms. The third-order valence-corrected chi connectivity index (χ3v) is 3.25. The SMILES string of the molecule is CC(CCS(C)=O)NCc1ccccc1F. The smallest absolute Gasteiger partial charge is 0.127 e. The van der Waals surface area contributed by atoms with Gasteiger partial charge in [-0.1, -0.05) is 18.2 Å². The van der Waals surface area contributed by atoms with Gasteiger partial charge in [-0.15, -0.1) is 0 Å². The maximum absolute atomic E-state index is 13.3. The molecule has 16 heavy (non-hydrogen) atoms. The zero-order valence-electron chi connectivity index (χ0n) is 9.70. The van der Waals surface area contributed by atoms with Crippen molar-refractivity contribution >= 4 is 10.8 Å². The molecule has 1 aromatic carbocycles. The minimum Gasteiger partial charge on any atom is -0.310 e. The number of benzene rings is 1. The van der Waals surface area contributed by atoms with Gasteiger partial charge in [0.2, 0.25) is 0 Å². The highest BCUT2D eigenvalue weighted by molar-refractivity contribution is 7.84. The van der Waals surface area contributed by atoms with E-state index in [-0.39, 0.29) is 11.9 Å². The Labute approximate surface area is 98.7 Å². The molecule has 0 aliphatic heterocycles. The van der Waals surface area contributed by atoms with E-state index in [9.17, 15) is 8.60 Å². The molecule has 2 atom stereocenters. The van der Waals surface area contributed by atoms with E-state index in [2.05, 4.69) is 5.32 Å². The summed E-state index contributed by atoms with van der Waals surface area (Å²) in [7, 11) is -0.753. The summed E-state index contributed by atoms with van der Waals surface area (Å²) >= 11 is 0. The van der Waals surface area contributed by atoms with E-state index in [0.717, 1.165) is 6.42 Å². The molecule has 0 bridgehead atoms. The molecule has 2 nitrogen and oxygen atoms in total. The molecule has 0 fully saturated rings. The summed E-state index contributed by atoms with van der Waals surface area (Å²) in [6.07, 6.45) is 2.54. The van der Waals surface area contributed by atoms with Crippen molar-refractivity contribution in [3.05, 3.63) is 35.6 Å². The molecule has 0 spiro atoms. The van der Waals surface area contributed by atoms with Crippen LogP contribution in [0.15, 0.2) is 24.3 Å². The van der Waals surface area contributed by atoms with Gasteiger partial charge in [-0.25, -0.2) is 4.39 Å². The highest BCUT2D eigenvalue weighted by Crippen LogP contribution is 2.06. The average molecular weight is 243 g/mol. The van der Waals surface area contributed by atoms with Gasteiger partial charge >= 0.3 is 0 Å². The van der Waals surface area contributed by atoms with E-state index in [4.69, 9.17) is 0 Å². The Hall–Kier alpha value is -0.740. The van der Waals surface area contributed by atoms with Crippen LogP contribution in [0.4, 0.5) is 4.39 Å². The van der Waals surface area contributed by atoms with Crippen LogP contribution in [0, 0.1) is 5.82 Å². The van der Waals surface area contributed by atoms with Crippen LogP contribution in [0.25, 0.3) is 0 Å². The Bertz CT molecular complexity index is 357. The van der Waals surface area contributed by atoms with Gasteiger partial charge in [-0.2, -0.15) is 0 Å². The summed E-state index contributed by atoms with van der Waals surface area (Å²) in [6, 6.07) is 6.99. The molecule has 0 radical (unpaired) electrons. The highest BCUT2D eigenvalue weighted by Gasteiger charge is 2.05. The third kappa shape index (κ3) is 4.86. The standard InChI is InChI=1S/C12H18FNOS/c1-10(7-8-16(2)15)14-9-11-5-3-4-6-12(11)13/h3-6,10,14H,7-9H2,1-2H3. The molecule has 1 aromatic rings. The monoisotopic (exact) mass is 243 g/mol. The fourth-order valence-corrected chi connectivity index (χ4v) is 2.06. The summed E-state index contributed by atoms with van der Waals surface area (Å²) in [5.74, 6) is 0.507. The second kappa shape index (κ2) is 6.76. The molecule has 0 amide bonds. The van der Waals surface area contributed by atoms with Crippen molar-refractivity contribution < 1.29 is 8.60 Å². The maximum Gasteiger partial charge on any atom is 0.127 e. The van der Waals surface area contributed by atoms with Gasteiger partial charge in [0.1, 0.15) is 5.82 Å². The number of hydrogen-bond acceptors (Lipinski definition) is 2. The molecule has 0 saturated heterocycles. The van der Waals surface area contributed by atoms with Gasteiger partial charge in [-0.05, 0) is 19.4 Å². The maximum atomic E-state index is 13.3. The van der Waals surface area contributed by atoms with Gasteiger partial charge in [0.05, 0.1) is 0 Å². The van der Waals surface area contributed by atoms with Crippen molar-refractivity contribution in [2.24, 2.45) is 0 Å². The molecule has 1 rings (SSSR count). The summed E-state index contributed by atoms with van der Waals surface area (Å²) in [4.78, 5) is 0. The normalized spacial score (nSPS) is 14.7. The van der Waals surface area contributed by atoms with Crippen molar-refractivity contribution in [3.8, 4) is 0 Å². The lowest BCUT2D eigenvalue weighted by atomic mass is 10.2. The Morgan fingerprint density at radius 3 is 2.75 bits per heavy atom. The Morgan fingerprint density at radius 1 is 1.44 bits per heavy atom. The van der Waals surface area contributed by atoms with Crippen molar-refractivity contribution in [1.29, 1.82) is 0 Å². The molecule has 2 unspecified atom stereocenters. The zero-order chi connectivity index (χ0) is 12.0. The molecule has 90 valence electrons. The van der Waals surface area contributed by atoms with Crippen LogP contribution in [0.2, 0.25) is 0 Å². The van der Waals surface area contributed by atoms with Crippen molar-refractivity contribution in [2.75, 3.05) is 12.0 Å². The minimum absolute atomic E-state index is 0.179. The molecule has 0 aromatic heterocycles. The van der Waals surface area contributed by atoms with E-state index in [0.29, 0.717) is 17.9 Å². The minimum atomic E-state index is -0.753. The van der Waals surface area contributed by atoms with E-state index in [1.807, 2.05) is 13.0 Å². The lowest BCUT2D eigenvalue weighted by molar-refractivity contribution is 0.517. The van der Waals surface area contributed by atoms with Crippen LogP contribution >= 0.6 is 0 Å². The second-order valence-electron chi connectivity index (χ2n) is 3.94. The van der Waals surface area contributed by atoms with Crippen LogP contribution in [0.3, 0.4) is 0 Å². The number of hydrogen-bond donors (Lipinski definition) is 1. The van der Waals surface area contributed by atoms with Crippen LogP contribution in [-0.4, -0.2) is 22.3 Å². The molecule has 0 aliphatic rings. The zero-order valence-corrected chi connectivity index (χ0v) is 10.5. The van der Waals surface area contributed by atoms with E-state index >= 15 is 0 Å². The van der Waals surface area contributed by atoms with Gasteiger partial charge in [0, 0.05) is 41.0 Å². The van der Waals surface area contributed by atoms with Gasteiger partial charge in [0.15, 0.2) is 0 Å². The average Bonchev–Trinajstić information content (AvgIpc) is 2.25.